The standard InChI is InChI=1S/C33H67NO7S2/c1-8-10-12-13-14-15-16-17-18-19-20-21-22-23-24-25-28-34(5)32(35)40-31(33(3,4)42(6)36)39-29-27-30(26-11-9-2)41-43(7,37)38/h30-31H,8-29H2,1-7H3. The van der Waals surface area contributed by atoms with Gasteiger partial charge in [-0.15, -0.1) is 0 Å². The molecule has 0 aliphatic heterocycles. The van der Waals surface area contributed by atoms with E-state index in [2.05, 4.69) is 6.92 Å². The molecule has 0 bridgehead atoms. The largest absolute Gasteiger partial charge is 0.418 e. The van der Waals surface area contributed by atoms with E-state index < -0.39 is 44.2 Å². The number of hydrogen-bond acceptors (Lipinski definition) is 7. The van der Waals surface area contributed by atoms with E-state index in [9.17, 15) is 17.4 Å². The van der Waals surface area contributed by atoms with E-state index in [1.165, 1.54) is 89.9 Å². The summed E-state index contributed by atoms with van der Waals surface area (Å²) in [6.07, 6.45) is 24.0. The van der Waals surface area contributed by atoms with E-state index in [0.717, 1.165) is 31.9 Å². The zero-order valence-electron chi connectivity index (χ0n) is 28.8. The van der Waals surface area contributed by atoms with Gasteiger partial charge in [0, 0.05) is 30.6 Å². The predicted molar refractivity (Wildman–Crippen MR) is 180 cm³/mol. The highest BCUT2D eigenvalue weighted by molar-refractivity contribution is 7.86. The Morgan fingerprint density at radius 3 is 1.63 bits per heavy atom. The summed E-state index contributed by atoms with van der Waals surface area (Å²) in [7, 11) is -3.22. The zero-order valence-corrected chi connectivity index (χ0v) is 30.5. The number of nitrogens with zero attached hydrogens (tertiary/aromatic N) is 1. The van der Waals surface area contributed by atoms with E-state index in [1.807, 2.05) is 6.92 Å². The Kier molecular flexibility index (Phi) is 25.1. The molecule has 10 heteroatoms. The molecule has 0 fully saturated rings. The van der Waals surface area contributed by atoms with Gasteiger partial charge in [-0.25, -0.2) is 4.79 Å². The van der Waals surface area contributed by atoms with Crippen molar-refractivity contribution in [2.24, 2.45) is 0 Å². The fourth-order valence-electron chi connectivity index (χ4n) is 4.91. The van der Waals surface area contributed by atoms with Gasteiger partial charge in [0.2, 0.25) is 6.29 Å². The van der Waals surface area contributed by atoms with Gasteiger partial charge in [-0.3, -0.25) is 8.39 Å². The van der Waals surface area contributed by atoms with Gasteiger partial charge in [-0.1, -0.05) is 123 Å². The van der Waals surface area contributed by atoms with Gasteiger partial charge < -0.3 is 14.4 Å². The number of amides is 1. The topological polar surface area (TPSA) is 99.2 Å². The average molecular weight is 654 g/mol. The number of hydrogen-bond donors (Lipinski definition) is 0. The van der Waals surface area contributed by atoms with Crippen molar-refractivity contribution in [1.29, 1.82) is 0 Å². The Morgan fingerprint density at radius 1 is 0.767 bits per heavy atom. The lowest BCUT2D eigenvalue weighted by atomic mass is 10.0. The van der Waals surface area contributed by atoms with Gasteiger partial charge in [0.05, 0.1) is 19.0 Å². The van der Waals surface area contributed by atoms with E-state index in [-0.39, 0.29) is 6.61 Å². The molecule has 3 unspecified atom stereocenters. The van der Waals surface area contributed by atoms with Gasteiger partial charge in [0.25, 0.3) is 10.1 Å². The smallest absolute Gasteiger partial charge is 0.411 e. The molecule has 0 heterocycles. The lowest BCUT2D eigenvalue weighted by molar-refractivity contribution is -0.130. The third-order valence-electron chi connectivity index (χ3n) is 8.07. The zero-order chi connectivity index (χ0) is 32.6. The maximum absolute atomic E-state index is 12.9. The molecule has 3 atom stereocenters. The third kappa shape index (κ3) is 23.3. The summed E-state index contributed by atoms with van der Waals surface area (Å²) in [4.78, 5) is 14.4. The fraction of sp³-hybridized carbons (Fsp3) is 0.970. The van der Waals surface area contributed by atoms with Crippen LogP contribution in [0.3, 0.4) is 0 Å². The van der Waals surface area contributed by atoms with Crippen LogP contribution in [0.4, 0.5) is 4.79 Å². The minimum absolute atomic E-state index is 0.116. The molecule has 0 aromatic heterocycles. The van der Waals surface area contributed by atoms with Crippen molar-refractivity contribution in [3.8, 4) is 0 Å². The molecule has 43 heavy (non-hydrogen) atoms. The van der Waals surface area contributed by atoms with Crippen molar-refractivity contribution in [1.82, 2.24) is 4.90 Å². The molecule has 0 N–H and O–H groups in total. The summed E-state index contributed by atoms with van der Waals surface area (Å²) < 4.78 is 51.6. The highest BCUT2D eigenvalue weighted by atomic mass is 32.2. The highest BCUT2D eigenvalue weighted by Gasteiger charge is 2.38. The van der Waals surface area contributed by atoms with Crippen molar-refractivity contribution < 1.29 is 31.1 Å². The van der Waals surface area contributed by atoms with Crippen LogP contribution in [0.1, 0.15) is 156 Å². The van der Waals surface area contributed by atoms with Crippen LogP contribution in [0, 0.1) is 0 Å². The van der Waals surface area contributed by atoms with Crippen LogP contribution in [0.5, 0.6) is 0 Å². The highest BCUT2D eigenvalue weighted by Crippen LogP contribution is 2.23. The van der Waals surface area contributed by atoms with Crippen LogP contribution in [-0.2, 0) is 34.6 Å². The SMILES string of the molecule is CCCCCCCCCCCCCCCCCCN(C)C(=O)OC(OCCC(CCCC)OS(C)(=O)=O)C(C)(C)S(C)=O. The Labute approximate surface area is 268 Å². The van der Waals surface area contributed by atoms with Gasteiger partial charge in [-0.05, 0) is 33.1 Å². The first-order chi connectivity index (χ1) is 20.3. The van der Waals surface area contributed by atoms with E-state index in [0.29, 0.717) is 19.4 Å². The van der Waals surface area contributed by atoms with Crippen LogP contribution >= 0.6 is 0 Å². The first kappa shape index (κ1) is 42.3. The summed E-state index contributed by atoms with van der Waals surface area (Å²) in [5.74, 6) is 0. The second-order valence-electron chi connectivity index (χ2n) is 12.7. The summed E-state index contributed by atoms with van der Waals surface area (Å²) in [5, 5.41) is 0. The minimum atomic E-state index is -3.60. The predicted octanol–water partition coefficient (Wildman–Crippen LogP) is 8.74. The average Bonchev–Trinajstić information content (AvgIpc) is 2.93. The molecule has 0 spiro atoms. The Balaban J connectivity index is 4.32. The van der Waals surface area contributed by atoms with Crippen LogP contribution < -0.4 is 0 Å². The normalized spacial score (nSPS) is 14.4. The molecule has 1 amide bonds. The molecule has 0 aliphatic rings. The van der Waals surface area contributed by atoms with Crippen molar-refractivity contribution in [3.05, 3.63) is 0 Å². The monoisotopic (exact) mass is 653 g/mol. The lowest BCUT2D eigenvalue weighted by Gasteiger charge is -2.33. The second kappa shape index (κ2) is 25.5. The van der Waals surface area contributed by atoms with Gasteiger partial charge in [0.1, 0.15) is 4.75 Å². The first-order valence-electron chi connectivity index (χ1n) is 17.1. The van der Waals surface area contributed by atoms with E-state index >= 15 is 0 Å². The quantitative estimate of drug-likeness (QED) is 0.0452. The van der Waals surface area contributed by atoms with Crippen molar-refractivity contribution in [2.75, 3.05) is 32.7 Å². The molecule has 0 rings (SSSR count). The maximum atomic E-state index is 12.9. The molecular formula is C33H67NO7S2. The second-order valence-corrected chi connectivity index (χ2v) is 16.3. The van der Waals surface area contributed by atoms with E-state index in [1.54, 1.807) is 32.1 Å². The minimum Gasteiger partial charge on any atom is -0.418 e. The fourth-order valence-corrected chi connectivity index (χ4v) is 5.98. The number of ether oxygens (including phenoxy) is 2. The molecule has 258 valence electrons. The molecule has 0 saturated heterocycles. The lowest BCUT2D eigenvalue weighted by Crippen LogP contribution is -2.47. The van der Waals surface area contributed by atoms with Crippen LogP contribution in [0.25, 0.3) is 0 Å². The molecule has 0 aromatic carbocycles. The number of carbonyl (C=O) groups excluding carboxylic acids is 1. The summed E-state index contributed by atoms with van der Waals surface area (Å²) in [6, 6.07) is 0. The van der Waals surface area contributed by atoms with Gasteiger partial charge >= 0.3 is 6.09 Å². The van der Waals surface area contributed by atoms with E-state index in [4.69, 9.17) is 13.7 Å². The Morgan fingerprint density at radius 2 is 1.21 bits per heavy atom. The number of unbranched alkanes of at least 4 members (excludes halogenated alkanes) is 16. The first-order valence-corrected chi connectivity index (χ1v) is 20.5. The Hall–Kier alpha value is -0.710. The van der Waals surface area contributed by atoms with Crippen LogP contribution in [-0.4, -0.2) is 73.5 Å². The molecule has 0 aromatic rings. The molecule has 0 radical (unpaired) electrons. The third-order valence-corrected chi connectivity index (χ3v) is 10.4. The summed E-state index contributed by atoms with van der Waals surface area (Å²) >= 11 is 0. The number of rotatable bonds is 29. The molecule has 0 saturated carbocycles. The summed E-state index contributed by atoms with van der Waals surface area (Å²) in [5.41, 5.74) is 0. The van der Waals surface area contributed by atoms with Crippen molar-refractivity contribution >= 4 is 27.0 Å². The van der Waals surface area contributed by atoms with Crippen LogP contribution in [0.2, 0.25) is 0 Å². The number of carbonyl (C=O) groups is 1. The van der Waals surface area contributed by atoms with Crippen molar-refractivity contribution in [2.45, 2.75) is 173 Å². The maximum Gasteiger partial charge on any atom is 0.411 e. The molecule has 8 nitrogen and oxygen atoms in total. The van der Waals surface area contributed by atoms with Crippen molar-refractivity contribution in [3.63, 3.8) is 0 Å². The molecule has 0 aliphatic carbocycles. The van der Waals surface area contributed by atoms with Crippen LogP contribution in [0.15, 0.2) is 0 Å². The van der Waals surface area contributed by atoms with Gasteiger partial charge in [0.15, 0.2) is 0 Å². The Bertz CT molecular complexity index is 820. The van der Waals surface area contributed by atoms with Gasteiger partial charge in [-0.2, -0.15) is 8.42 Å². The summed E-state index contributed by atoms with van der Waals surface area (Å²) in [6.45, 7) is 8.46. The molecular weight excluding hydrogens is 586 g/mol.